The minimum Gasteiger partial charge on any atom is -0.311 e. The SMILES string of the molecule is c1ccc(-c2ccc3c(c2)c2cc(-c4ccccc4)ccc2n3-c2ccc(N(c3ccccc3)c3ccc(-c4ccc(-c5c6ccccc6c(-c6cccc7ccccc67)c6ccccc56)cc4)cc3)cc2)cc1. The molecule has 2 nitrogen and oxygen atoms in total. The van der Waals surface area contributed by atoms with Crippen LogP contribution in [-0.4, -0.2) is 4.57 Å². The number of anilines is 3. The average Bonchev–Trinajstić information content (AvgIpc) is 3.82. The van der Waals surface area contributed by atoms with Gasteiger partial charge in [-0.1, -0.05) is 218 Å². The summed E-state index contributed by atoms with van der Waals surface area (Å²) in [5, 5.41) is 10.0. The summed E-state index contributed by atoms with van der Waals surface area (Å²) in [6, 6.07) is 106. The van der Waals surface area contributed by atoms with Gasteiger partial charge in [0.2, 0.25) is 0 Å². The number of rotatable bonds is 9. The van der Waals surface area contributed by atoms with Gasteiger partial charge >= 0.3 is 0 Å². The smallest absolute Gasteiger partial charge is 0.0541 e. The van der Waals surface area contributed by atoms with Crippen LogP contribution in [0.15, 0.2) is 291 Å². The summed E-state index contributed by atoms with van der Waals surface area (Å²) in [6.07, 6.45) is 0. The molecule has 0 aliphatic heterocycles. The maximum Gasteiger partial charge on any atom is 0.0541 e. The molecule has 0 aliphatic carbocycles. The van der Waals surface area contributed by atoms with E-state index in [9.17, 15) is 0 Å². The van der Waals surface area contributed by atoms with Crippen LogP contribution in [0.3, 0.4) is 0 Å². The fraction of sp³-hybridized carbons (Fsp3) is 0. The second kappa shape index (κ2) is 18.1. The summed E-state index contributed by atoms with van der Waals surface area (Å²) >= 11 is 0. The molecule has 2 heteroatoms. The van der Waals surface area contributed by atoms with Crippen molar-refractivity contribution < 1.29 is 0 Å². The quantitative estimate of drug-likeness (QED) is 0.131. The molecule has 0 aliphatic rings. The van der Waals surface area contributed by atoms with Gasteiger partial charge in [-0.25, -0.2) is 0 Å². The number of nitrogens with zero attached hydrogens (tertiary/aromatic N) is 2. The van der Waals surface area contributed by atoms with Gasteiger partial charge in [0.05, 0.1) is 11.0 Å². The molecule has 14 aromatic rings. The van der Waals surface area contributed by atoms with Crippen LogP contribution in [0.25, 0.3) is 115 Å². The van der Waals surface area contributed by atoms with Crippen LogP contribution >= 0.6 is 0 Å². The molecule has 74 heavy (non-hydrogen) atoms. The Labute approximate surface area is 430 Å². The first-order valence-electron chi connectivity index (χ1n) is 25.5. The zero-order chi connectivity index (χ0) is 49.0. The highest BCUT2D eigenvalue weighted by molar-refractivity contribution is 6.23. The van der Waals surface area contributed by atoms with E-state index < -0.39 is 0 Å². The monoisotopic (exact) mass is 940 g/mol. The van der Waals surface area contributed by atoms with Gasteiger partial charge in [-0.05, 0) is 161 Å². The molecule has 0 amide bonds. The van der Waals surface area contributed by atoms with Gasteiger partial charge in [-0.3, -0.25) is 0 Å². The normalized spacial score (nSPS) is 11.5. The fourth-order valence-corrected chi connectivity index (χ4v) is 11.5. The van der Waals surface area contributed by atoms with Crippen LogP contribution < -0.4 is 4.90 Å². The predicted octanol–water partition coefficient (Wildman–Crippen LogP) is 20.0. The number of fused-ring (bicyclic) bond motifs is 6. The molecule has 346 valence electrons. The first-order valence-corrected chi connectivity index (χ1v) is 25.5. The highest BCUT2D eigenvalue weighted by Gasteiger charge is 2.20. The first kappa shape index (κ1) is 43.1. The molecule has 0 saturated heterocycles. The van der Waals surface area contributed by atoms with Crippen LogP contribution in [0, 0.1) is 0 Å². The predicted molar refractivity (Wildman–Crippen MR) is 315 cm³/mol. The fourth-order valence-electron chi connectivity index (χ4n) is 11.5. The van der Waals surface area contributed by atoms with Crippen LogP contribution in [0.2, 0.25) is 0 Å². The minimum atomic E-state index is 1.08. The minimum absolute atomic E-state index is 1.08. The van der Waals surface area contributed by atoms with Gasteiger partial charge in [0.25, 0.3) is 0 Å². The Bertz CT molecular complexity index is 4210. The van der Waals surface area contributed by atoms with E-state index in [2.05, 4.69) is 301 Å². The van der Waals surface area contributed by atoms with Crippen molar-refractivity contribution in [2.24, 2.45) is 0 Å². The molecule has 0 bridgehead atoms. The number of para-hydroxylation sites is 1. The lowest BCUT2D eigenvalue weighted by Crippen LogP contribution is -2.10. The lowest BCUT2D eigenvalue weighted by molar-refractivity contribution is 1.17. The Hall–Kier alpha value is -9.76. The van der Waals surface area contributed by atoms with Crippen molar-refractivity contribution in [2.45, 2.75) is 0 Å². The molecular weight excluding hydrogens is 893 g/mol. The molecule has 1 aromatic heterocycles. The van der Waals surface area contributed by atoms with Crippen molar-refractivity contribution in [2.75, 3.05) is 4.90 Å². The van der Waals surface area contributed by atoms with Gasteiger partial charge < -0.3 is 9.47 Å². The van der Waals surface area contributed by atoms with E-state index in [0.717, 1.165) is 22.7 Å². The molecule has 13 aromatic carbocycles. The Morgan fingerprint density at radius 3 is 1.15 bits per heavy atom. The van der Waals surface area contributed by atoms with Crippen molar-refractivity contribution in [3.8, 4) is 61.3 Å². The third-order valence-corrected chi connectivity index (χ3v) is 15.0. The second-order valence-corrected chi connectivity index (χ2v) is 19.2. The van der Waals surface area contributed by atoms with Crippen LogP contribution in [0.4, 0.5) is 17.1 Å². The lowest BCUT2D eigenvalue weighted by Gasteiger charge is -2.26. The molecule has 0 atom stereocenters. The van der Waals surface area contributed by atoms with Gasteiger partial charge in [0, 0.05) is 33.5 Å². The van der Waals surface area contributed by atoms with Gasteiger partial charge in [-0.2, -0.15) is 0 Å². The second-order valence-electron chi connectivity index (χ2n) is 19.2. The highest BCUT2D eigenvalue weighted by Crippen LogP contribution is 2.46. The van der Waals surface area contributed by atoms with Gasteiger partial charge in [0.15, 0.2) is 0 Å². The Kier molecular flexibility index (Phi) is 10.6. The van der Waals surface area contributed by atoms with E-state index in [4.69, 9.17) is 0 Å². The maximum atomic E-state index is 2.41. The number of hydrogen-bond donors (Lipinski definition) is 0. The summed E-state index contributed by atoms with van der Waals surface area (Å²) in [4.78, 5) is 2.35. The molecule has 0 radical (unpaired) electrons. The van der Waals surface area contributed by atoms with Crippen molar-refractivity contribution >= 4 is 71.2 Å². The zero-order valence-corrected chi connectivity index (χ0v) is 40.6. The van der Waals surface area contributed by atoms with E-state index in [1.165, 1.54) is 110 Å². The largest absolute Gasteiger partial charge is 0.311 e. The first-order chi connectivity index (χ1) is 36.7. The Balaban J connectivity index is 0.811. The molecule has 14 rings (SSSR count). The summed E-state index contributed by atoms with van der Waals surface area (Å²) < 4.78 is 2.41. The third kappa shape index (κ3) is 7.43. The molecule has 1 heterocycles. The Morgan fingerprint density at radius 1 is 0.230 bits per heavy atom. The van der Waals surface area contributed by atoms with Crippen molar-refractivity contribution in [3.63, 3.8) is 0 Å². The Morgan fingerprint density at radius 2 is 0.608 bits per heavy atom. The summed E-state index contributed by atoms with van der Waals surface area (Å²) in [5.74, 6) is 0. The van der Waals surface area contributed by atoms with Crippen molar-refractivity contribution in [1.82, 2.24) is 4.57 Å². The zero-order valence-electron chi connectivity index (χ0n) is 40.6. The lowest BCUT2D eigenvalue weighted by atomic mass is 9.84. The standard InChI is InChI=1S/C72H48N2/c1-4-17-49(18-5-1)55-37-45-69-67(47-55)68-48-56(50-19-6-2-7-20-50)38-46-70(68)74(69)60-43-41-59(42-44-60)73(57-23-8-3-9-24-57)58-39-35-52(36-40-58)51-31-33-54(34-32-51)71-63-26-12-14-28-65(63)72(66-29-15-13-27-64(66)71)62-30-16-22-53-21-10-11-25-61(53)62/h1-48H. The van der Waals surface area contributed by atoms with E-state index in [1.54, 1.807) is 0 Å². The van der Waals surface area contributed by atoms with Crippen LogP contribution in [0.1, 0.15) is 0 Å². The van der Waals surface area contributed by atoms with Gasteiger partial charge in [-0.15, -0.1) is 0 Å². The summed E-state index contributed by atoms with van der Waals surface area (Å²) in [7, 11) is 0. The number of hydrogen-bond acceptors (Lipinski definition) is 1. The molecule has 0 fully saturated rings. The summed E-state index contributed by atoms with van der Waals surface area (Å²) in [5.41, 5.74) is 18.9. The van der Waals surface area contributed by atoms with Crippen LogP contribution in [-0.2, 0) is 0 Å². The topological polar surface area (TPSA) is 8.17 Å². The molecule has 0 unspecified atom stereocenters. The molecule has 0 saturated carbocycles. The van der Waals surface area contributed by atoms with E-state index in [1.807, 2.05) is 0 Å². The average molecular weight is 941 g/mol. The van der Waals surface area contributed by atoms with Crippen molar-refractivity contribution in [3.05, 3.63) is 291 Å². The maximum absolute atomic E-state index is 2.41. The third-order valence-electron chi connectivity index (χ3n) is 15.0. The molecule has 0 N–H and O–H groups in total. The number of benzene rings is 13. The van der Waals surface area contributed by atoms with Crippen LogP contribution in [0.5, 0.6) is 0 Å². The summed E-state index contributed by atoms with van der Waals surface area (Å²) in [6.45, 7) is 0. The van der Waals surface area contributed by atoms with Gasteiger partial charge in [0.1, 0.15) is 0 Å². The van der Waals surface area contributed by atoms with Crippen molar-refractivity contribution in [1.29, 1.82) is 0 Å². The highest BCUT2D eigenvalue weighted by atomic mass is 15.1. The van der Waals surface area contributed by atoms with E-state index >= 15 is 0 Å². The van der Waals surface area contributed by atoms with E-state index in [-0.39, 0.29) is 0 Å². The molecular formula is C72H48N2. The molecule has 0 spiro atoms. The number of aromatic nitrogens is 1. The van der Waals surface area contributed by atoms with E-state index in [0.29, 0.717) is 0 Å².